The van der Waals surface area contributed by atoms with Crippen molar-refractivity contribution in [3.63, 3.8) is 0 Å². The molecule has 0 aromatic carbocycles. The summed E-state index contributed by atoms with van der Waals surface area (Å²) < 4.78 is 1.81. The van der Waals surface area contributed by atoms with E-state index in [9.17, 15) is 5.11 Å². The molecule has 0 aliphatic carbocycles. The zero-order chi connectivity index (χ0) is 10.7. The molecule has 4 nitrogen and oxygen atoms in total. The molecule has 2 rings (SSSR count). The van der Waals surface area contributed by atoms with Gasteiger partial charge in [0, 0.05) is 36.3 Å². The van der Waals surface area contributed by atoms with E-state index in [2.05, 4.69) is 10.1 Å². The van der Waals surface area contributed by atoms with E-state index in [0.29, 0.717) is 6.42 Å². The summed E-state index contributed by atoms with van der Waals surface area (Å²) in [7, 11) is 0. The maximum absolute atomic E-state index is 9.91. The third kappa shape index (κ3) is 2.43. The van der Waals surface area contributed by atoms with Gasteiger partial charge in [-0.05, 0) is 6.92 Å². The molecule has 0 spiro atoms. The number of rotatable bonds is 4. The second-order valence-corrected chi connectivity index (χ2v) is 4.25. The number of nitrogens with zero attached hydrogens (tertiary/aromatic N) is 3. The van der Waals surface area contributed by atoms with E-state index in [4.69, 9.17) is 0 Å². The van der Waals surface area contributed by atoms with Crippen LogP contribution in [0.3, 0.4) is 0 Å². The molecule has 2 aromatic heterocycles. The maximum atomic E-state index is 9.91. The average Bonchev–Trinajstić information content (AvgIpc) is 2.86. The Morgan fingerprint density at radius 1 is 1.60 bits per heavy atom. The SMILES string of the molecule is CCn1cc(C(O)Cc2nccs2)cn1. The minimum Gasteiger partial charge on any atom is -0.388 e. The van der Waals surface area contributed by atoms with Crippen LogP contribution in [0.2, 0.25) is 0 Å². The molecule has 0 saturated heterocycles. The molecular weight excluding hydrogens is 210 g/mol. The topological polar surface area (TPSA) is 50.9 Å². The molecule has 0 amide bonds. The lowest BCUT2D eigenvalue weighted by Gasteiger charge is -2.04. The van der Waals surface area contributed by atoms with Gasteiger partial charge in [0.15, 0.2) is 0 Å². The van der Waals surface area contributed by atoms with Gasteiger partial charge in [0.1, 0.15) is 0 Å². The predicted octanol–water partition coefficient (Wildman–Crippen LogP) is 1.64. The Bertz CT molecular complexity index is 410. The molecule has 1 unspecified atom stereocenters. The summed E-state index contributed by atoms with van der Waals surface area (Å²) in [4.78, 5) is 4.14. The number of aryl methyl sites for hydroxylation is 1. The number of aliphatic hydroxyl groups excluding tert-OH is 1. The Morgan fingerprint density at radius 2 is 2.47 bits per heavy atom. The van der Waals surface area contributed by atoms with Crippen LogP contribution >= 0.6 is 11.3 Å². The highest BCUT2D eigenvalue weighted by atomic mass is 32.1. The summed E-state index contributed by atoms with van der Waals surface area (Å²) in [6.07, 6.45) is 5.39. The van der Waals surface area contributed by atoms with E-state index < -0.39 is 6.10 Å². The van der Waals surface area contributed by atoms with Crippen LogP contribution in [0.15, 0.2) is 24.0 Å². The first kappa shape index (κ1) is 10.3. The largest absolute Gasteiger partial charge is 0.388 e. The first-order chi connectivity index (χ1) is 7.29. The fraction of sp³-hybridized carbons (Fsp3) is 0.400. The molecule has 0 aliphatic heterocycles. The van der Waals surface area contributed by atoms with Crippen molar-refractivity contribution in [3.05, 3.63) is 34.5 Å². The molecule has 0 saturated carbocycles. The third-order valence-corrected chi connectivity index (χ3v) is 3.02. The van der Waals surface area contributed by atoms with Crippen LogP contribution in [0.4, 0.5) is 0 Å². The van der Waals surface area contributed by atoms with Crippen molar-refractivity contribution in [1.29, 1.82) is 0 Å². The van der Waals surface area contributed by atoms with Gasteiger partial charge in [-0.2, -0.15) is 5.10 Å². The van der Waals surface area contributed by atoms with Crippen molar-refractivity contribution in [2.75, 3.05) is 0 Å². The Labute approximate surface area is 92.2 Å². The zero-order valence-corrected chi connectivity index (χ0v) is 9.31. The second-order valence-electron chi connectivity index (χ2n) is 3.28. The Hall–Kier alpha value is -1.20. The van der Waals surface area contributed by atoms with E-state index in [1.165, 1.54) is 0 Å². The number of aromatic nitrogens is 3. The van der Waals surface area contributed by atoms with Crippen molar-refractivity contribution in [1.82, 2.24) is 14.8 Å². The van der Waals surface area contributed by atoms with Gasteiger partial charge in [0.05, 0.1) is 17.3 Å². The van der Waals surface area contributed by atoms with Crippen LogP contribution in [0, 0.1) is 0 Å². The van der Waals surface area contributed by atoms with Crippen molar-refractivity contribution in [3.8, 4) is 0 Å². The number of hydrogen-bond acceptors (Lipinski definition) is 4. The van der Waals surface area contributed by atoms with Gasteiger partial charge < -0.3 is 5.11 Å². The van der Waals surface area contributed by atoms with E-state index in [0.717, 1.165) is 17.1 Å². The number of aliphatic hydroxyl groups is 1. The van der Waals surface area contributed by atoms with E-state index in [1.54, 1.807) is 28.4 Å². The van der Waals surface area contributed by atoms with Crippen molar-refractivity contribution in [2.24, 2.45) is 0 Å². The molecule has 0 aliphatic rings. The average molecular weight is 223 g/mol. The molecule has 5 heteroatoms. The molecule has 2 heterocycles. The van der Waals surface area contributed by atoms with Gasteiger partial charge in [-0.15, -0.1) is 11.3 Å². The molecule has 0 bridgehead atoms. The minimum atomic E-state index is -0.503. The van der Waals surface area contributed by atoms with Crippen LogP contribution < -0.4 is 0 Å². The molecule has 80 valence electrons. The molecule has 2 aromatic rings. The Kier molecular flexibility index (Phi) is 3.13. The standard InChI is InChI=1S/C10H13N3OS/c1-2-13-7-8(6-12-13)9(14)5-10-11-3-4-15-10/h3-4,6-7,9,14H,2,5H2,1H3. The third-order valence-electron chi connectivity index (χ3n) is 2.21. The summed E-state index contributed by atoms with van der Waals surface area (Å²) in [5.41, 5.74) is 0.854. The lowest BCUT2D eigenvalue weighted by molar-refractivity contribution is 0.178. The summed E-state index contributed by atoms with van der Waals surface area (Å²) >= 11 is 1.56. The maximum Gasteiger partial charge on any atom is 0.0954 e. The normalized spacial score (nSPS) is 12.9. The summed E-state index contributed by atoms with van der Waals surface area (Å²) in [6, 6.07) is 0. The van der Waals surface area contributed by atoms with Crippen LogP contribution in [-0.4, -0.2) is 19.9 Å². The van der Waals surface area contributed by atoms with Gasteiger partial charge in [-0.3, -0.25) is 4.68 Å². The summed E-state index contributed by atoms with van der Waals surface area (Å²) in [5, 5.41) is 16.9. The van der Waals surface area contributed by atoms with Crippen LogP contribution in [-0.2, 0) is 13.0 Å². The van der Waals surface area contributed by atoms with Crippen LogP contribution in [0.5, 0.6) is 0 Å². The van der Waals surface area contributed by atoms with E-state index in [1.807, 2.05) is 18.5 Å². The minimum absolute atomic E-state index is 0.503. The highest BCUT2D eigenvalue weighted by molar-refractivity contribution is 7.09. The van der Waals surface area contributed by atoms with Crippen molar-refractivity contribution >= 4 is 11.3 Å². The zero-order valence-electron chi connectivity index (χ0n) is 8.50. The highest BCUT2D eigenvalue weighted by Crippen LogP contribution is 2.18. The van der Waals surface area contributed by atoms with Crippen molar-refractivity contribution < 1.29 is 5.11 Å². The molecule has 1 N–H and O–H groups in total. The first-order valence-corrected chi connectivity index (χ1v) is 5.76. The number of thiazole rings is 1. The number of hydrogen-bond donors (Lipinski definition) is 1. The van der Waals surface area contributed by atoms with Gasteiger partial charge in [-0.1, -0.05) is 0 Å². The summed E-state index contributed by atoms with van der Waals surface area (Å²) in [5.74, 6) is 0. The monoisotopic (exact) mass is 223 g/mol. The second kappa shape index (κ2) is 4.55. The quantitative estimate of drug-likeness (QED) is 0.857. The lowest BCUT2D eigenvalue weighted by Crippen LogP contribution is -2.00. The Morgan fingerprint density at radius 3 is 3.07 bits per heavy atom. The van der Waals surface area contributed by atoms with Crippen molar-refractivity contribution in [2.45, 2.75) is 26.0 Å². The smallest absolute Gasteiger partial charge is 0.0954 e. The van der Waals surface area contributed by atoms with Gasteiger partial charge in [0.25, 0.3) is 0 Å². The van der Waals surface area contributed by atoms with Crippen LogP contribution in [0.25, 0.3) is 0 Å². The van der Waals surface area contributed by atoms with Gasteiger partial charge in [-0.25, -0.2) is 4.98 Å². The van der Waals surface area contributed by atoms with Gasteiger partial charge >= 0.3 is 0 Å². The van der Waals surface area contributed by atoms with E-state index in [-0.39, 0.29) is 0 Å². The molecule has 15 heavy (non-hydrogen) atoms. The fourth-order valence-electron chi connectivity index (χ4n) is 1.36. The lowest BCUT2D eigenvalue weighted by atomic mass is 10.1. The molecule has 1 atom stereocenters. The Balaban J connectivity index is 2.04. The first-order valence-electron chi connectivity index (χ1n) is 4.88. The van der Waals surface area contributed by atoms with Crippen LogP contribution in [0.1, 0.15) is 23.6 Å². The summed E-state index contributed by atoms with van der Waals surface area (Å²) in [6.45, 7) is 2.84. The molecule has 0 radical (unpaired) electrons. The van der Waals surface area contributed by atoms with Gasteiger partial charge in [0.2, 0.25) is 0 Å². The van der Waals surface area contributed by atoms with E-state index >= 15 is 0 Å². The fourth-order valence-corrected chi connectivity index (χ4v) is 2.02. The highest BCUT2D eigenvalue weighted by Gasteiger charge is 2.11. The molecule has 0 fully saturated rings. The molecular formula is C10H13N3OS. The predicted molar refractivity (Wildman–Crippen MR) is 58.7 cm³/mol.